The quantitative estimate of drug-likeness (QED) is 0.625. The van der Waals surface area contributed by atoms with Crippen LogP contribution in [0.4, 0.5) is 0 Å². The minimum absolute atomic E-state index is 0.341. The molecule has 0 aliphatic heterocycles. The van der Waals surface area contributed by atoms with Crippen molar-refractivity contribution in [2.45, 2.75) is 26.2 Å². The molecule has 110 valence electrons. The molecule has 0 amide bonds. The zero-order chi connectivity index (χ0) is 15.2. The van der Waals surface area contributed by atoms with Gasteiger partial charge < -0.3 is 9.15 Å². The number of aryl methyl sites for hydroxylation is 1. The standard InChI is InChI=1S/C17H18O4/c1-3-4-9-15-13(10-11-16(18)20-2)12-7-5-6-8-14(12)17(19)21-15/h5-8,10-11H,3-4,9H2,1-2H3/b11-10+. The van der Waals surface area contributed by atoms with Gasteiger partial charge >= 0.3 is 11.6 Å². The van der Waals surface area contributed by atoms with Crippen LogP contribution in [0.3, 0.4) is 0 Å². The smallest absolute Gasteiger partial charge is 0.343 e. The van der Waals surface area contributed by atoms with Gasteiger partial charge in [-0.1, -0.05) is 31.5 Å². The first-order valence-electron chi connectivity index (χ1n) is 6.98. The second kappa shape index (κ2) is 6.88. The summed E-state index contributed by atoms with van der Waals surface area (Å²) in [5.74, 6) is 0.174. The summed E-state index contributed by atoms with van der Waals surface area (Å²) in [5, 5.41) is 1.31. The zero-order valence-electron chi connectivity index (χ0n) is 12.2. The van der Waals surface area contributed by atoms with Crippen molar-refractivity contribution in [2.24, 2.45) is 0 Å². The number of fused-ring (bicyclic) bond motifs is 1. The summed E-state index contributed by atoms with van der Waals surface area (Å²) in [4.78, 5) is 23.3. The van der Waals surface area contributed by atoms with Crippen LogP contribution in [-0.4, -0.2) is 13.1 Å². The number of ether oxygens (including phenoxy) is 1. The Balaban J connectivity index is 2.61. The Kier molecular flexibility index (Phi) is 4.93. The summed E-state index contributed by atoms with van der Waals surface area (Å²) in [5.41, 5.74) is 0.427. The van der Waals surface area contributed by atoms with Crippen molar-refractivity contribution in [1.82, 2.24) is 0 Å². The topological polar surface area (TPSA) is 56.5 Å². The predicted molar refractivity (Wildman–Crippen MR) is 82.1 cm³/mol. The molecule has 21 heavy (non-hydrogen) atoms. The number of unbranched alkanes of at least 4 members (excludes halogenated alkanes) is 1. The Bertz CT molecular complexity index is 725. The van der Waals surface area contributed by atoms with Gasteiger partial charge in [-0.25, -0.2) is 9.59 Å². The van der Waals surface area contributed by atoms with Crippen molar-refractivity contribution in [2.75, 3.05) is 7.11 Å². The third-order valence-corrected chi connectivity index (χ3v) is 3.30. The maximum Gasteiger partial charge on any atom is 0.343 e. The van der Waals surface area contributed by atoms with Crippen LogP contribution in [-0.2, 0) is 16.0 Å². The maximum atomic E-state index is 12.0. The first kappa shape index (κ1) is 15.0. The fourth-order valence-corrected chi connectivity index (χ4v) is 2.19. The first-order valence-corrected chi connectivity index (χ1v) is 6.98. The molecule has 0 aliphatic carbocycles. The highest BCUT2D eigenvalue weighted by Crippen LogP contribution is 2.22. The summed E-state index contributed by atoms with van der Waals surface area (Å²) < 4.78 is 10.0. The highest BCUT2D eigenvalue weighted by molar-refractivity contribution is 5.94. The summed E-state index contributed by atoms with van der Waals surface area (Å²) in [7, 11) is 1.33. The summed E-state index contributed by atoms with van der Waals surface area (Å²) in [6, 6.07) is 7.23. The third kappa shape index (κ3) is 3.40. The van der Waals surface area contributed by atoms with Gasteiger partial charge in [0.05, 0.1) is 12.5 Å². The number of esters is 1. The van der Waals surface area contributed by atoms with Gasteiger partial charge in [-0.05, 0) is 23.9 Å². The Hall–Kier alpha value is -2.36. The van der Waals surface area contributed by atoms with Crippen molar-refractivity contribution >= 4 is 22.8 Å². The van der Waals surface area contributed by atoms with E-state index >= 15 is 0 Å². The van der Waals surface area contributed by atoms with Gasteiger partial charge in [0.1, 0.15) is 5.76 Å². The Labute approximate surface area is 123 Å². The molecule has 0 aliphatic rings. The van der Waals surface area contributed by atoms with Crippen LogP contribution in [0.1, 0.15) is 31.1 Å². The van der Waals surface area contributed by atoms with Crippen molar-refractivity contribution < 1.29 is 13.9 Å². The highest BCUT2D eigenvalue weighted by Gasteiger charge is 2.11. The molecule has 0 atom stereocenters. The van der Waals surface area contributed by atoms with Crippen molar-refractivity contribution in [3.63, 3.8) is 0 Å². The fraction of sp³-hybridized carbons (Fsp3) is 0.294. The van der Waals surface area contributed by atoms with Gasteiger partial charge in [0.2, 0.25) is 0 Å². The van der Waals surface area contributed by atoms with E-state index in [4.69, 9.17) is 4.42 Å². The van der Waals surface area contributed by atoms with Crippen LogP contribution in [0.25, 0.3) is 16.8 Å². The molecule has 4 nitrogen and oxygen atoms in total. The number of hydrogen-bond donors (Lipinski definition) is 0. The molecular formula is C17H18O4. The Morgan fingerprint density at radius 2 is 2.00 bits per heavy atom. The molecule has 0 bridgehead atoms. The van der Waals surface area contributed by atoms with E-state index in [1.165, 1.54) is 13.2 Å². The molecule has 1 aromatic carbocycles. The van der Waals surface area contributed by atoms with E-state index in [9.17, 15) is 9.59 Å². The lowest BCUT2D eigenvalue weighted by atomic mass is 10.0. The molecular weight excluding hydrogens is 268 g/mol. The summed E-state index contributed by atoms with van der Waals surface area (Å²) in [6.45, 7) is 2.07. The van der Waals surface area contributed by atoms with Crippen molar-refractivity contribution in [1.29, 1.82) is 0 Å². The first-order chi connectivity index (χ1) is 10.2. The lowest BCUT2D eigenvalue weighted by Crippen LogP contribution is -2.05. The summed E-state index contributed by atoms with van der Waals surface area (Å²) >= 11 is 0. The maximum absolute atomic E-state index is 12.0. The zero-order valence-corrected chi connectivity index (χ0v) is 12.2. The second-order valence-electron chi connectivity index (χ2n) is 4.73. The number of methoxy groups -OCH3 is 1. The lowest BCUT2D eigenvalue weighted by Gasteiger charge is -2.07. The molecule has 2 aromatic rings. The van der Waals surface area contributed by atoms with Crippen molar-refractivity contribution in [3.05, 3.63) is 52.1 Å². The van der Waals surface area contributed by atoms with Gasteiger partial charge in [-0.2, -0.15) is 0 Å². The van der Waals surface area contributed by atoms with E-state index in [-0.39, 0.29) is 5.63 Å². The molecule has 2 rings (SSSR count). The molecule has 0 fully saturated rings. The average Bonchev–Trinajstić information content (AvgIpc) is 2.52. The van der Waals surface area contributed by atoms with E-state index in [0.717, 1.165) is 23.8 Å². The van der Waals surface area contributed by atoms with E-state index in [1.54, 1.807) is 18.2 Å². The van der Waals surface area contributed by atoms with Gasteiger partial charge in [-0.15, -0.1) is 0 Å². The molecule has 0 saturated carbocycles. The van der Waals surface area contributed by atoms with Gasteiger partial charge in [0.25, 0.3) is 0 Å². The normalized spacial score (nSPS) is 11.1. The van der Waals surface area contributed by atoms with Crippen LogP contribution in [0.15, 0.2) is 39.6 Å². The minimum atomic E-state index is -0.438. The number of rotatable bonds is 5. The lowest BCUT2D eigenvalue weighted by molar-refractivity contribution is -0.134. The van der Waals surface area contributed by atoms with Crippen LogP contribution in [0, 0.1) is 0 Å². The molecule has 0 radical (unpaired) electrons. The molecule has 0 saturated heterocycles. The van der Waals surface area contributed by atoms with E-state index in [1.807, 2.05) is 12.1 Å². The Morgan fingerprint density at radius 1 is 1.29 bits per heavy atom. The van der Waals surface area contributed by atoms with E-state index < -0.39 is 5.97 Å². The number of carbonyl (C=O) groups excluding carboxylic acids is 1. The van der Waals surface area contributed by atoms with E-state index in [0.29, 0.717) is 17.6 Å². The largest absolute Gasteiger partial charge is 0.466 e. The minimum Gasteiger partial charge on any atom is -0.466 e. The fourth-order valence-electron chi connectivity index (χ4n) is 2.19. The Morgan fingerprint density at radius 3 is 2.67 bits per heavy atom. The second-order valence-corrected chi connectivity index (χ2v) is 4.73. The SMILES string of the molecule is CCCCc1oc(=O)c2ccccc2c1/C=C/C(=O)OC. The van der Waals surface area contributed by atoms with Crippen LogP contribution >= 0.6 is 0 Å². The molecule has 0 unspecified atom stereocenters. The van der Waals surface area contributed by atoms with Crippen molar-refractivity contribution in [3.8, 4) is 0 Å². The summed E-state index contributed by atoms with van der Waals surface area (Å²) in [6.07, 6.45) is 5.58. The molecule has 4 heteroatoms. The average molecular weight is 286 g/mol. The predicted octanol–water partition coefficient (Wildman–Crippen LogP) is 3.32. The number of benzene rings is 1. The van der Waals surface area contributed by atoms with Crippen LogP contribution in [0.5, 0.6) is 0 Å². The monoisotopic (exact) mass is 286 g/mol. The van der Waals surface area contributed by atoms with Gasteiger partial charge in [0.15, 0.2) is 0 Å². The molecule has 0 spiro atoms. The van der Waals surface area contributed by atoms with Crippen LogP contribution < -0.4 is 5.63 Å². The molecule has 0 N–H and O–H groups in total. The van der Waals surface area contributed by atoms with Gasteiger partial charge in [0, 0.05) is 18.1 Å². The van der Waals surface area contributed by atoms with Gasteiger partial charge in [-0.3, -0.25) is 0 Å². The van der Waals surface area contributed by atoms with E-state index in [2.05, 4.69) is 11.7 Å². The molecule has 1 aromatic heterocycles. The third-order valence-electron chi connectivity index (χ3n) is 3.30. The highest BCUT2D eigenvalue weighted by atomic mass is 16.5. The molecule has 1 heterocycles. The number of hydrogen-bond acceptors (Lipinski definition) is 4. The van der Waals surface area contributed by atoms with Crippen LogP contribution in [0.2, 0.25) is 0 Å². The number of carbonyl (C=O) groups is 1.